The fourth-order valence-corrected chi connectivity index (χ4v) is 3.89. The molecule has 1 aromatic carbocycles. The number of amides is 1. The molecule has 0 unspecified atom stereocenters. The summed E-state index contributed by atoms with van der Waals surface area (Å²) in [4.78, 5) is 19.2. The summed E-state index contributed by atoms with van der Waals surface area (Å²) in [5.74, 6) is -2.73. The summed E-state index contributed by atoms with van der Waals surface area (Å²) in [6, 6.07) is 7.20. The molecule has 25 heavy (non-hydrogen) atoms. The van der Waals surface area contributed by atoms with Crippen LogP contribution >= 0.6 is 0 Å². The first-order chi connectivity index (χ1) is 12.0. The molecule has 0 radical (unpaired) electrons. The van der Waals surface area contributed by atoms with Crippen LogP contribution in [0.4, 0.5) is 8.78 Å². The zero-order valence-corrected chi connectivity index (χ0v) is 14.0. The maximum atomic E-state index is 13.7. The first kappa shape index (κ1) is 16.5. The first-order valence-electron chi connectivity index (χ1n) is 8.46. The number of ether oxygens (including phenoxy) is 1. The number of methoxy groups -OCH3 is 1. The molecule has 1 aromatic heterocycles. The third-order valence-electron chi connectivity index (χ3n) is 5.20. The number of nitrogens with one attached hydrogen (secondary N) is 1. The highest BCUT2D eigenvalue weighted by Crippen LogP contribution is 2.35. The molecule has 0 saturated carbocycles. The van der Waals surface area contributed by atoms with Crippen molar-refractivity contribution in [3.8, 4) is 0 Å². The van der Waals surface area contributed by atoms with E-state index >= 15 is 0 Å². The number of carbonyl (C=O) groups is 1. The summed E-state index contributed by atoms with van der Waals surface area (Å²) in [7, 11) is 1.53. The summed E-state index contributed by atoms with van der Waals surface area (Å²) >= 11 is 0. The van der Waals surface area contributed by atoms with Crippen LogP contribution in [-0.2, 0) is 4.74 Å². The summed E-state index contributed by atoms with van der Waals surface area (Å²) in [5.41, 5.74) is 1.54. The topological polar surface area (TPSA) is 48.6 Å². The van der Waals surface area contributed by atoms with Gasteiger partial charge in [0.25, 0.3) is 11.8 Å². The number of hydrogen-bond acceptors (Lipinski definition) is 3. The van der Waals surface area contributed by atoms with Gasteiger partial charge in [0.05, 0.1) is 13.2 Å². The minimum absolute atomic E-state index is 0.0216. The molecule has 134 valence electrons. The number of benzene rings is 1. The van der Waals surface area contributed by atoms with E-state index in [1.54, 1.807) is 9.80 Å². The highest BCUT2D eigenvalue weighted by Gasteiger charge is 2.50. The van der Waals surface area contributed by atoms with E-state index < -0.39 is 5.92 Å². The quantitative estimate of drug-likeness (QED) is 0.922. The lowest BCUT2D eigenvalue weighted by molar-refractivity contribution is -0.0136. The first-order valence-corrected chi connectivity index (χ1v) is 8.46. The Bertz CT molecular complexity index is 785. The van der Waals surface area contributed by atoms with E-state index in [9.17, 15) is 13.6 Å². The van der Waals surface area contributed by atoms with Gasteiger partial charge in [-0.25, -0.2) is 8.78 Å². The average molecular weight is 349 g/mol. The van der Waals surface area contributed by atoms with Crippen LogP contribution in [-0.4, -0.2) is 72.0 Å². The molecular formula is C18H21F2N3O2. The molecule has 2 aliphatic heterocycles. The van der Waals surface area contributed by atoms with Crippen LogP contribution in [0, 0.1) is 0 Å². The van der Waals surface area contributed by atoms with Gasteiger partial charge in [-0.2, -0.15) is 0 Å². The molecule has 0 spiro atoms. The van der Waals surface area contributed by atoms with Gasteiger partial charge in [-0.05, 0) is 23.6 Å². The van der Waals surface area contributed by atoms with Crippen molar-refractivity contribution in [3.63, 3.8) is 0 Å². The van der Waals surface area contributed by atoms with Gasteiger partial charge in [-0.15, -0.1) is 0 Å². The van der Waals surface area contributed by atoms with E-state index in [4.69, 9.17) is 4.74 Å². The van der Waals surface area contributed by atoms with Gasteiger partial charge in [0.2, 0.25) is 0 Å². The van der Waals surface area contributed by atoms with Gasteiger partial charge in [0.15, 0.2) is 0 Å². The van der Waals surface area contributed by atoms with Crippen LogP contribution in [0.2, 0.25) is 0 Å². The summed E-state index contributed by atoms with van der Waals surface area (Å²) in [5, 5.41) is 1.06. The molecule has 7 heteroatoms. The highest BCUT2D eigenvalue weighted by atomic mass is 19.3. The number of aromatic nitrogens is 1. The Hall–Kier alpha value is -1.99. The van der Waals surface area contributed by atoms with Crippen molar-refractivity contribution in [2.24, 2.45) is 0 Å². The average Bonchev–Trinajstić information content (AvgIpc) is 3.09. The summed E-state index contributed by atoms with van der Waals surface area (Å²) in [6.45, 7) is 1.02. The van der Waals surface area contributed by atoms with Crippen LogP contribution in [0.15, 0.2) is 30.5 Å². The summed E-state index contributed by atoms with van der Waals surface area (Å²) < 4.78 is 32.6. The maximum Gasteiger partial charge on any atom is 0.262 e. The lowest BCUT2D eigenvalue weighted by Crippen LogP contribution is -2.62. The fraction of sp³-hybridized carbons (Fsp3) is 0.500. The molecule has 1 atom stereocenters. The van der Waals surface area contributed by atoms with E-state index in [1.165, 1.54) is 7.11 Å². The highest BCUT2D eigenvalue weighted by molar-refractivity contribution is 5.98. The van der Waals surface area contributed by atoms with E-state index in [0.29, 0.717) is 25.3 Å². The molecule has 3 heterocycles. The molecule has 1 N–H and O–H groups in total. The minimum atomic E-state index is -2.67. The van der Waals surface area contributed by atoms with Crippen LogP contribution in [0.5, 0.6) is 0 Å². The van der Waals surface area contributed by atoms with Gasteiger partial charge in [0.1, 0.15) is 0 Å². The second-order valence-electron chi connectivity index (χ2n) is 6.99. The number of H-pyrrole nitrogens is 1. The smallest absolute Gasteiger partial charge is 0.262 e. The Balaban J connectivity index is 1.41. The number of halogens is 2. The Labute approximate surface area is 144 Å². The normalized spacial score (nSPS) is 24.0. The monoisotopic (exact) mass is 349 g/mol. The predicted molar refractivity (Wildman–Crippen MR) is 89.9 cm³/mol. The lowest BCUT2D eigenvalue weighted by atomic mass is 10.0. The number of rotatable bonds is 4. The standard InChI is InChI=1S/C18H21F2N3O2/c1-25-10-14-7-18(19,20)11-23(14)15-8-22(9-15)17(24)13-3-2-12-4-5-21-16(12)6-13/h2-6,14-15,21H,7-11H2,1H3/t14-/m0/s1. The Morgan fingerprint density at radius 2 is 2.16 bits per heavy atom. The number of fused-ring (bicyclic) bond motifs is 1. The third-order valence-corrected chi connectivity index (χ3v) is 5.20. The number of aromatic amines is 1. The van der Waals surface area contributed by atoms with Crippen molar-refractivity contribution in [1.29, 1.82) is 0 Å². The van der Waals surface area contributed by atoms with Crippen molar-refractivity contribution < 1.29 is 18.3 Å². The van der Waals surface area contributed by atoms with Gasteiger partial charge >= 0.3 is 0 Å². The van der Waals surface area contributed by atoms with Crippen molar-refractivity contribution in [2.75, 3.05) is 33.4 Å². The molecular weight excluding hydrogens is 328 g/mol. The fourth-order valence-electron chi connectivity index (χ4n) is 3.89. The number of carbonyl (C=O) groups excluding carboxylic acids is 1. The van der Waals surface area contributed by atoms with E-state index in [2.05, 4.69) is 4.98 Å². The Kier molecular flexibility index (Phi) is 4.00. The third kappa shape index (κ3) is 3.02. The molecule has 2 saturated heterocycles. The van der Waals surface area contributed by atoms with E-state index in [-0.39, 0.29) is 31.0 Å². The Morgan fingerprint density at radius 1 is 1.36 bits per heavy atom. The summed E-state index contributed by atoms with van der Waals surface area (Å²) in [6.07, 6.45) is 1.66. The van der Waals surface area contributed by atoms with Gasteiger partial charge in [-0.3, -0.25) is 9.69 Å². The number of hydrogen-bond donors (Lipinski definition) is 1. The molecule has 1 amide bonds. The number of nitrogens with zero attached hydrogens (tertiary/aromatic N) is 2. The van der Waals surface area contributed by atoms with E-state index in [1.807, 2.05) is 30.5 Å². The zero-order chi connectivity index (χ0) is 17.6. The minimum Gasteiger partial charge on any atom is -0.383 e. The zero-order valence-electron chi connectivity index (χ0n) is 14.0. The second kappa shape index (κ2) is 6.07. The molecule has 2 fully saturated rings. The van der Waals surface area contributed by atoms with Gasteiger partial charge in [0, 0.05) is 56.0 Å². The molecule has 0 bridgehead atoms. The number of alkyl halides is 2. The number of likely N-dealkylation sites (tertiary alicyclic amines) is 2. The van der Waals surface area contributed by atoms with Crippen molar-refractivity contribution in [1.82, 2.24) is 14.8 Å². The van der Waals surface area contributed by atoms with Crippen molar-refractivity contribution >= 4 is 16.8 Å². The van der Waals surface area contributed by atoms with Gasteiger partial charge < -0.3 is 14.6 Å². The van der Waals surface area contributed by atoms with Crippen LogP contribution < -0.4 is 0 Å². The lowest BCUT2D eigenvalue weighted by Gasteiger charge is -2.45. The largest absolute Gasteiger partial charge is 0.383 e. The van der Waals surface area contributed by atoms with Crippen molar-refractivity contribution in [2.45, 2.75) is 24.4 Å². The van der Waals surface area contributed by atoms with Crippen molar-refractivity contribution in [3.05, 3.63) is 36.0 Å². The molecule has 2 aliphatic rings. The molecule has 4 rings (SSSR count). The molecule has 5 nitrogen and oxygen atoms in total. The van der Waals surface area contributed by atoms with E-state index in [0.717, 1.165) is 10.9 Å². The van der Waals surface area contributed by atoms with Crippen LogP contribution in [0.3, 0.4) is 0 Å². The molecule has 0 aliphatic carbocycles. The SMILES string of the molecule is COC[C@@H]1CC(F)(F)CN1C1CN(C(=O)c2ccc3cc[nH]c3c2)C1. The van der Waals surface area contributed by atoms with Crippen LogP contribution in [0.1, 0.15) is 16.8 Å². The maximum absolute atomic E-state index is 13.7. The molecule has 2 aromatic rings. The Morgan fingerprint density at radius 3 is 2.92 bits per heavy atom. The second-order valence-corrected chi connectivity index (χ2v) is 6.99. The predicted octanol–water partition coefficient (Wildman–Crippen LogP) is 2.35. The van der Waals surface area contributed by atoms with Gasteiger partial charge in [-0.1, -0.05) is 6.07 Å². The van der Waals surface area contributed by atoms with Crippen LogP contribution in [0.25, 0.3) is 10.9 Å².